The van der Waals surface area contributed by atoms with E-state index in [0.717, 1.165) is 18.2 Å². The molecule has 3 rings (SSSR count). The number of ether oxygens (including phenoxy) is 1. The summed E-state index contributed by atoms with van der Waals surface area (Å²) in [7, 11) is -4.40. The molecule has 0 unspecified atom stereocenters. The minimum atomic E-state index is -5.80. The van der Waals surface area contributed by atoms with E-state index < -0.39 is 27.0 Å². The van der Waals surface area contributed by atoms with Gasteiger partial charge >= 0.3 is 21.3 Å². The molecule has 0 aliphatic carbocycles. The van der Waals surface area contributed by atoms with Crippen LogP contribution in [0.2, 0.25) is 0 Å². The molecule has 1 aromatic heterocycles. The summed E-state index contributed by atoms with van der Waals surface area (Å²) in [5.41, 5.74) is -6.15. The Labute approximate surface area is 138 Å². The molecule has 0 N–H and O–H groups in total. The van der Waals surface area contributed by atoms with Gasteiger partial charge in [0.1, 0.15) is 17.1 Å². The second-order valence-electron chi connectivity index (χ2n) is 4.94. The monoisotopic (exact) mass is 374 g/mol. The highest BCUT2D eigenvalue weighted by atomic mass is 32.2. The minimum Gasteiger partial charge on any atom is -0.497 e. The average Bonchev–Trinajstić information content (AvgIpc) is 2.54. The van der Waals surface area contributed by atoms with Gasteiger partial charge in [0.2, 0.25) is 0 Å². The zero-order chi connectivity index (χ0) is 18.4. The van der Waals surface area contributed by atoms with E-state index in [0.29, 0.717) is 11.1 Å². The maximum Gasteiger partial charge on any atom is 0.534 e. The first-order valence-corrected chi connectivity index (χ1v) is 8.08. The molecule has 0 aliphatic heterocycles. The van der Waals surface area contributed by atoms with Gasteiger partial charge in [-0.05, 0) is 36.4 Å². The van der Waals surface area contributed by atoms with Crippen LogP contribution in [0.25, 0.3) is 21.7 Å². The van der Waals surface area contributed by atoms with Crippen LogP contribution >= 0.6 is 0 Å². The fourth-order valence-electron chi connectivity index (χ4n) is 2.24. The number of halogens is 3. The van der Waals surface area contributed by atoms with Gasteiger partial charge in [-0.3, -0.25) is 0 Å². The third-order valence-corrected chi connectivity index (χ3v) is 4.36. The largest absolute Gasteiger partial charge is 0.534 e. The molecule has 1 heterocycles. The normalized spacial score (nSPS) is 12.5. The molecule has 6 nitrogen and oxygen atoms in total. The van der Waals surface area contributed by atoms with Crippen LogP contribution < -0.4 is 14.5 Å². The van der Waals surface area contributed by atoms with Crippen molar-refractivity contribution in [2.24, 2.45) is 0 Å². The molecule has 0 atom stereocenters. The molecule has 0 radical (unpaired) electrons. The summed E-state index contributed by atoms with van der Waals surface area (Å²) in [6.45, 7) is 0. The van der Waals surface area contributed by atoms with Crippen molar-refractivity contribution in [3.05, 3.63) is 46.8 Å². The van der Waals surface area contributed by atoms with Crippen molar-refractivity contribution in [1.82, 2.24) is 0 Å². The number of methoxy groups -OCH3 is 1. The molecule has 0 aliphatic rings. The Kier molecular flexibility index (Phi) is 3.87. The van der Waals surface area contributed by atoms with Gasteiger partial charge in [-0.15, -0.1) is 0 Å². The molecule has 0 saturated carbocycles. The lowest BCUT2D eigenvalue weighted by Gasteiger charge is -2.10. The van der Waals surface area contributed by atoms with Crippen LogP contribution in [0.1, 0.15) is 0 Å². The van der Waals surface area contributed by atoms with Gasteiger partial charge in [0.15, 0.2) is 0 Å². The summed E-state index contributed by atoms with van der Waals surface area (Å²) in [6, 6.07) is 7.62. The molecule has 10 heteroatoms. The third-order valence-electron chi connectivity index (χ3n) is 3.38. The SMILES string of the molecule is COc1ccc2c(c1)c(=O)oc1ccc(OS(=O)(=O)C(F)(F)F)cc12. The van der Waals surface area contributed by atoms with E-state index >= 15 is 0 Å². The van der Waals surface area contributed by atoms with Gasteiger partial charge in [-0.1, -0.05) is 0 Å². The zero-order valence-electron chi connectivity index (χ0n) is 12.5. The quantitative estimate of drug-likeness (QED) is 0.303. The molecule has 0 bridgehead atoms. The van der Waals surface area contributed by atoms with E-state index in [-0.39, 0.29) is 16.4 Å². The highest BCUT2D eigenvalue weighted by molar-refractivity contribution is 7.88. The van der Waals surface area contributed by atoms with Crippen LogP contribution in [0.5, 0.6) is 11.5 Å². The number of benzene rings is 2. The fraction of sp³-hybridized carbons (Fsp3) is 0.133. The molecule has 3 aromatic rings. The summed E-state index contributed by atoms with van der Waals surface area (Å²) in [4.78, 5) is 12.0. The van der Waals surface area contributed by atoms with Crippen molar-refractivity contribution in [3.63, 3.8) is 0 Å². The number of hydrogen-bond donors (Lipinski definition) is 0. The van der Waals surface area contributed by atoms with Crippen molar-refractivity contribution in [3.8, 4) is 11.5 Å². The van der Waals surface area contributed by atoms with Crippen LogP contribution in [-0.4, -0.2) is 21.0 Å². The Morgan fingerprint density at radius 2 is 1.60 bits per heavy atom. The number of hydrogen-bond acceptors (Lipinski definition) is 6. The van der Waals surface area contributed by atoms with E-state index in [1.54, 1.807) is 6.07 Å². The molecule has 2 aromatic carbocycles. The van der Waals surface area contributed by atoms with Gasteiger partial charge in [0.25, 0.3) is 0 Å². The maximum absolute atomic E-state index is 12.4. The minimum absolute atomic E-state index is 0.0689. The molecule has 132 valence electrons. The predicted molar refractivity (Wildman–Crippen MR) is 82.1 cm³/mol. The highest BCUT2D eigenvalue weighted by Gasteiger charge is 2.48. The summed E-state index contributed by atoms with van der Waals surface area (Å²) in [5, 5.41) is 0.691. The Hall–Kier alpha value is -2.75. The van der Waals surface area contributed by atoms with Crippen molar-refractivity contribution < 1.29 is 34.9 Å². The standard InChI is InChI=1S/C15H9F3O6S/c1-22-8-2-4-10-11-7-9(24-25(20,21)15(16,17)18)3-5-13(11)23-14(19)12(10)6-8/h2-7H,1H3. The lowest BCUT2D eigenvalue weighted by atomic mass is 10.1. The first-order chi connectivity index (χ1) is 11.6. The third kappa shape index (κ3) is 3.00. The Bertz CT molecular complexity index is 1130. The van der Waals surface area contributed by atoms with Crippen molar-refractivity contribution in [1.29, 1.82) is 0 Å². The van der Waals surface area contributed by atoms with Gasteiger partial charge < -0.3 is 13.3 Å². The summed E-state index contributed by atoms with van der Waals surface area (Å²) < 4.78 is 73.7. The van der Waals surface area contributed by atoms with E-state index in [1.165, 1.54) is 19.2 Å². The summed E-state index contributed by atoms with van der Waals surface area (Å²) in [6.07, 6.45) is 0. The fourth-order valence-corrected chi connectivity index (χ4v) is 2.69. The van der Waals surface area contributed by atoms with Crippen molar-refractivity contribution in [2.75, 3.05) is 7.11 Å². The summed E-state index contributed by atoms with van der Waals surface area (Å²) >= 11 is 0. The molecular formula is C15H9F3O6S. The first kappa shape index (κ1) is 17.1. The maximum atomic E-state index is 12.4. The van der Waals surface area contributed by atoms with E-state index in [4.69, 9.17) is 9.15 Å². The van der Waals surface area contributed by atoms with E-state index in [2.05, 4.69) is 4.18 Å². The second-order valence-corrected chi connectivity index (χ2v) is 6.48. The predicted octanol–water partition coefficient (Wildman–Crippen LogP) is 3.18. The van der Waals surface area contributed by atoms with Crippen LogP contribution in [-0.2, 0) is 10.1 Å². The van der Waals surface area contributed by atoms with Gasteiger partial charge in [-0.25, -0.2) is 4.79 Å². The van der Waals surface area contributed by atoms with Crippen molar-refractivity contribution >= 4 is 31.9 Å². The van der Waals surface area contributed by atoms with Gasteiger partial charge in [0.05, 0.1) is 12.5 Å². The smallest absolute Gasteiger partial charge is 0.497 e. The number of rotatable bonds is 3. The van der Waals surface area contributed by atoms with Crippen LogP contribution in [0.4, 0.5) is 13.2 Å². The molecular weight excluding hydrogens is 365 g/mol. The van der Waals surface area contributed by atoms with Crippen LogP contribution in [0.15, 0.2) is 45.6 Å². The molecule has 0 fully saturated rings. The highest BCUT2D eigenvalue weighted by Crippen LogP contribution is 2.31. The summed E-state index contributed by atoms with van der Waals surface area (Å²) in [5.74, 6) is -0.179. The van der Waals surface area contributed by atoms with Crippen LogP contribution in [0, 0.1) is 0 Å². The first-order valence-electron chi connectivity index (χ1n) is 6.68. The van der Waals surface area contributed by atoms with E-state index in [9.17, 15) is 26.4 Å². The van der Waals surface area contributed by atoms with Gasteiger partial charge in [0, 0.05) is 10.8 Å². The molecule has 25 heavy (non-hydrogen) atoms. The Morgan fingerprint density at radius 3 is 2.24 bits per heavy atom. The second kappa shape index (κ2) is 5.66. The Morgan fingerprint density at radius 1 is 0.960 bits per heavy atom. The molecule has 0 spiro atoms. The topological polar surface area (TPSA) is 82.8 Å². The lowest BCUT2D eigenvalue weighted by molar-refractivity contribution is -0.0500. The van der Waals surface area contributed by atoms with Gasteiger partial charge in [-0.2, -0.15) is 21.6 Å². The zero-order valence-corrected chi connectivity index (χ0v) is 13.3. The van der Waals surface area contributed by atoms with Crippen LogP contribution in [0.3, 0.4) is 0 Å². The average molecular weight is 374 g/mol. The molecule has 0 amide bonds. The van der Waals surface area contributed by atoms with Crippen molar-refractivity contribution in [2.45, 2.75) is 5.51 Å². The Balaban J connectivity index is 2.22. The number of fused-ring (bicyclic) bond motifs is 3. The number of alkyl halides is 3. The van der Waals surface area contributed by atoms with E-state index in [1.807, 2.05) is 0 Å². The lowest BCUT2D eigenvalue weighted by Crippen LogP contribution is -2.28. The molecule has 0 saturated heterocycles.